The van der Waals surface area contributed by atoms with Crippen LogP contribution in [0.4, 0.5) is 0 Å². The minimum atomic E-state index is -0.633. The fourth-order valence-electron chi connectivity index (χ4n) is 6.09. The molecule has 1 saturated heterocycles. The number of ether oxygens (including phenoxy) is 1. The summed E-state index contributed by atoms with van der Waals surface area (Å²) in [4.78, 5) is 35.1. The Morgan fingerprint density at radius 2 is 1.74 bits per heavy atom. The maximum Gasteiger partial charge on any atom is 0.245 e. The van der Waals surface area contributed by atoms with Gasteiger partial charge >= 0.3 is 0 Å². The Morgan fingerprint density at radius 3 is 2.60 bits per heavy atom. The van der Waals surface area contributed by atoms with Gasteiger partial charge in [0.1, 0.15) is 11.8 Å². The van der Waals surface area contributed by atoms with Gasteiger partial charge in [-0.15, -0.1) is 0 Å². The summed E-state index contributed by atoms with van der Waals surface area (Å²) >= 11 is 0. The number of fused-ring (bicyclic) bond motifs is 2. The molecule has 5 aromatic rings. The number of carbonyl (C=O) groups is 2. The minimum Gasteiger partial charge on any atom is -0.496 e. The summed E-state index contributed by atoms with van der Waals surface area (Å²) in [7, 11) is 3.44. The maximum atomic E-state index is 14.2. The lowest BCUT2D eigenvalue weighted by atomic mass is 9.97. The van der Waals surface area contributed by atoms with E-state index in [1.807, 2.05) is 60.8 Å². The number of rotatable bonds is 9. The third kappa shape index (κ3) is 5.60. The summed E-state index contributed by atoms with van der Waals surface area (Å²) < 4.78 is 5.54. The molecule has 7 nitrogen and oxygen atoms in total. The standard InChI is InChI=1S/C35H36N4O3/c1-38(23-27-11-5-8-14-33(27)42-2)35(41)32(20-24-15-16-25-9-3-4-10-26(25)19-24)39-18-17-36-31(34(39)40)21-28-22-37-30-13-7-6-12-29(28)30/h3-16,19,22,31-32,36-37H,17-18,20-21,23H2,1-2H3/t31-,32-/m1/s1. The van der Waals surface area contributed by atoms with Crippen LogP contribution in [0.15, 0.2) is 97.2 Å². The molecular weight excluding hydrogens is 524 g/mol. The molecule has 214 valence electrons. The Hall–Kier alpha value is -4.62. The summed E-state index contributed by atoms with van der Waals surface area (Å²) in [6.07, 6.45) is 2.97. The van der Waals surface area contributed by atoms with Crippen molar-refractivity contribution in [3.8, 4) is 5.75 Å². The molecule has 0 saturated carbocycles. The van der Waals surface area contributed by atoms with Gasteiger partial charge in [-0.3, -0.25) is 9.59 Å². The zero-order valence-corrected chi connectivity index (χ0v) is 24.0. The van der Waals surface area contributed by atoms with Crippen molar-refractivity contribution in [2.45, 2.75) is 31.5 Å². The first-order valence-electron chi connectivity index (χ1n) is 14.4. The second-order valence-electron chi connectivity index (χ2n) is 11.0. The van der Waals surface area contributed by atoms with Crippen LogP contribution < -0.4 is 10.1 Å². The zero-order chi connectivity index (χ0) is 29.1. The van der Waals surface area contributed by atoms with Crippen molar-refractivity contribution in [2.75, 3.05) is 27.2 Å². The predicted octanol–water partition coefficient (Wildman–Crippen LogP) is 4.94. The van der Waals surface area contributed by atoms with Crippen LogP contribution in [0.5, 0.6) is 5.75 Å². The maximum absolute atomic E-state index is 14.2. The predicted molar refractivity (Wildman–Crippen MR) is 166 cm³/mol. The minimum absolute atomic E-state index is 0.0450. The van der Waals surface area contributed by atoms with Gasteiger partial charge in [0.15, 0.2) is 0 Å². The molecule has 0 bridgehead atoms. The van der Waals surface area contributed by atoms with Crippen LogP contribution in [0, 0.1) is 0 Å². The molecule has 7 heteroatoms. The molecule has 1 aliphatic rings. The third-order valence-corrected chi connectivity index (χ3v) is 8.30. The number of likely N-dealkylation sites (N-methyl/N-ethyl adjacent to an activating group) is 1. The normalized spacial score (nSPS) is 16.1. The van der Waals surface area contributed by atoms with Crippen LogP contribution in [-0.4, -0.2) is 65.9 Å². The Balaban J connectivity index is 1.29. The first-order valence-corrected chi connectivity index (χ1v) is 14.4. The van der Waals surface area contributed by atoms with E-state index in [2.05, 4.69) is 46.7 Å². The Bertz CT molecular complexity index is 1730. The number of methoxy groups -OCH3 is 1. The number of piperazine rings is 1. The molecule has 0 aliphatic carbocycles. The van der Waals surface area contributed by atoms with E-state index in [9.17, 15) is 9.59 Å². The van der Waals surface area contributed by atoms with Gasteiger partial charge in [-0.25, -0.2) is 0 Å². The lowest BCUT2D eigenvalue weighted by molar-refractivity contribution is -0.148. The molecule has 2 amide bonds. The molecule has 0 unspecified atom stereocenters. The highest BCUT2D eigenvalue weighted by molar-refractivity contribution is 5.92. The average molecular weight is 561 g/mol. The highest BCUT2D eigenvalue weighted by Gasteiger charge is 2.38. The van der Waals surface area contributed by atoms with Crippen LogP contribution >= 0.6 is 0 Å². The summed E-state index contributed by atoms with van der Waals surface area (Å²) in [6.45, 7) is 1.47. The number of nitrogens with one attached hydrogen (secondary N) is 2. The molecule has 0 spiro atoms. The van der Waals surface area contributed by atoms with Gasteiger partial charge in [0.25, 0.3) is 0 Å². The van der Waals surface area contributed by atoms with Gasteiger partial charge in [0.05, 0.1) is 13.2 Å². The fourth-order valence-corrected chi connectivity index (χ4v) is 6.09. The van der Waals surface area contributed by atoms with Crippen molar-refractivity contribution >= 4 is 33.5 Å². The van der Waals surface area contributed by atoms with Crippen molar-refractivity contribution < 1.29 is 14.3 Å². The molecule has 2 N–H and O–H groups in total. The van der Waals surface area contributed by atoms with Crippen LogP contribution in [0.3, 0.4) is 0 Å². The number of nitrogens with zero attached hydrogens (tertiary/aromatic N) is 2. The molecule has 6 rings (SSSR count). The van der Waals surface area contributed by atoms with E-state index in [0.717, 1.165) is 44.1 Å². The topological polar surface area (TPSA) is 77.7 Å². The van der Waals surface area contributed by atoms with Crippen molar-refractivity contribution in [2.24, 2.45) is 0 Å². The smallest absolute Gasteiger partial charge is 0.245 e. The summed E-state index contributed by atoms with van der Waals surface area (Å²) in [5.41, 5.74) is 4.08. The fraction of sp³-hybridized carbons (Fsp3) is 0.257. The van der Waals surface area contributed by atoms with Gasteiger partial charge in [-0.05, 0) is 40.5 Å². The average Bonchev–Trinajstić information content (AvgIpc) is 3.43. The lowest BCUT2D eigenvalue weighted by Crippen LogP contribution is -2.62. The van der Waals surface area contributed by atoms with Crippen LogP contribution in [0.2, 0.25) is 0 Å². The number of H-pyrrole nitrogens is 1. The van der Waals surface area contributed by atoms with E-state index in [4.69, 9.17) is 4.74 Å². The monoisotopic (exact) mass is 560 g/mol. The Kier molecular flexibility index (Phi) is 7.93. The number of aromatic amines is 1. The van der Waals surface area contributed by atoms with E-state index in [1.165, 1.54) is 0 Å². The Morgan fingerprint density at radius 1 is 0.976 bits per heavy atom. The molecule has 1 aliphatic heterocycles. The molecule has 0 radical (unpaired) electrons. The first-order chi connectivity index (χ1) is 20.5. The summed E-state index contributed by atoms with van der Waals surface area (Å²) in [5, 5.41) is 6.80. The molecule has 1 fully saturated rings. The van der Waals surface area contributed by atoms with Gasteiger partial charge in [0, 0.05) is 55.8 Å². The highest BCUT2D eigenvalue weighted by atomic mass is 16.5. The quantitative estimate of drug-likeness (QED) is 0.268. The second kappa shape index (κ2) is 12.1. The largest absolute Gasteiger partial charge is 0.496 e. The van der Waals surface area contributed by atoms with Gasteiger partial charge < -0.3 is 24.8 Å². The van der Waals surface area contributed by atoms with E-state index >= 15 is 0 Å². The van der Waals surface area contributed by atoms with Crippen LogP contribution in [0.25, 0.3) is 21.7 Å². The van der Waals surface area contributed by atoms with Gasteiger partial charge in [-0.1, -0.05) is 78.9 Å². The highest BCUT2D eigenvalue weighted by Crippen LogP contribution is 2.25. The number of para-hydroxylation sites is 2. The van der Waals surface area contributed by atoms with Gasteiger partial charge in [-0.2, -0.15) is 0 Å². The van der Waals surface area contributed by atoms with Crippen LogP contribution in [0.1, 0.15) is 16.7 Å². The molecule has 2 heterocycles. The summed E-state index contributed by atoms with van der Waals surface area (Å²) in [5.74, 6) is 0.604. The van der Waals surface area contributed by atoms with E-state index in [-0.39, 0.29) is 11.8 Å². The summed E-state index contributed by atoms with van der Waals surface area (Å²) in [6, 6.07) is 29.3. The number of benzene rings is 4. The number of hydrogen-bond acceptors (Lipinski definition) is 4. The van der Waals surface area contributed by atoms with Crippen molar-refractivity contribution in [1.82, 2.24) is 20.1 Å². The molecular formula is C35H36N4O3. The van der Waals surface area contributed by atoms with Crippen molar-refractivity contribution in [3.05, 3.63) is 114 Å². The number of carbonyl (C=O) groups excluding carboxylic acids is 2. The second-order valence-corrected chi connectivity index (χ2v) is 11.0. The molecule has 42 heavy (non-hydrogen) atoms. The van der Waals surface area contributed by atoms with Crippen molar-refractivity contribution in [3.63, 3.8) is 0 Å². The van der Waals surface area contributed by atoms with Crippen molar-refractivity contribution in [1.29, 1.82) is 0 Å². The number of aromatic nitrogens is 1. The van der Waals surface area contributed by atoms with Crippen LogP contribution in [-0.2, 0) is 29.0 Å². The molecule has 4 aromatic carbocycles. The van der Waals surface area contributed by atoms with E-state index in [0.29, 0.717) is 32.5 Å². The third-order valence-electron chi connectivity index (χ3n) is 8.30. The molecule has 2 atom stereocenters. The van der Waals surface area contributed by atoms with Gasteiger partial charge in [0.2, 0.25) is 11.8 Å². The zero-order valence-electron chi connectivity index (χ0n) is 24.0. The SMILES string of the molecule is COc1ccccc1CN(C)C(=O)[C@@H](Cc1ccc2ccccc2c1)N1CCN[C@H](Cc2c[nH]c3ccccc23)C1=O. The number of amides is 2. The molecule has 1 aromatic heterocycles. The van der Waals surface area contributed by atoms with E-state index in [1.54, 1.807) is 24.0 Å². The van der Waals surface area contributed by atoms with E-state index < -0.39 is 12.1 Å². The number of hydrogen-bond donors (Lipinski definition) is 2. The lowest BCUT2D eigenvalue weighted by Gasteiger charge is -2.39. The Labute approximate surface area is 246 Å². The first kappa shape index (κ1) is 27.5.